The molecular formula is C10H9BrN2. The van der Waals surface area contributed by atoms with Gasteiger partial charge in [-0.2, -0.15) is 0 Å². The number of anilines is 1. The third-order valence-electron chi connectivity index (χ3n) is 2.00. The molecule has 13 heavy (non-hydrogen) atoms. The van der Waals surface area contributed by atoms with E-state index in [1.54, 1.807) is 0 Å². The average Bonchev–Trinajstić information content (AvgIpc) is 2.12. The van der Waals surface area contributed by atoms with Crippen LogP contribution in [0.1, 0.15) is 5.69 Å². The van der Waals surface area contributed by atoms with Gasteiger partial charge >= 0.3 is 0 Å². The zero-order chi connectivity index (χ0) is 9.42. The lowest BCUT2D eigenvalue weighted by Crippen LogP contribution is -1.91. The Morgan fingerprint density at radius 3 is 2.77 bits per heavy atom. The number of hydrogen-bond donors (Lipinski definition) is 1. The second-order valence-corrected chi connectivity index (χ2v) is 3.83. The number of aryl methyl sites for hydroxylation is 1. The molecule has 0 aliphatic heterocycles. The number of nitrogens with zero attached hydrogens (tertiary/aromatic N) is 1. The molecule has 3 heteroatoms. The first-order valence-electron chi connectivity index (χ1n) is 4.00. The van der Waals surface area contributed by atoms with E-state index >= 15 is 0 Å². The zero-order valence-corrected chi connectivity index (χ0v) is 8.80. The van der Waals surface area contributed by atoms with Crippen LogP contribution in [0.2, 0.25) is 0 Å². The van der Waals surface area contributed by atoms with E-state index in [1.165, 1.54) is 0 Å². The van der Waals surface area contributed by atoms with E-state index in [2.05, 4.69) is 20.9 Å². The molecule has 2 aromatic rings. The summed E-state index contributed by atoms with van der Waals surface area (Å²) < 4.78 is 0.922. The molecule has 0 aliphatic rings. The van der Waals surface area contributed by atoms with Crippen LogP contribution in [-0.2, 0) is 0 Å². The molecule has 1 heterocycles. The number of hydrogen-bond acceptors (Lipinski definition) is 2. The van der Waals surface area contributed by atoms with Crippen molar-refractivity contribution in [2.24, 2.45) is 0 Å². The van der Waals surface area contributed by atoms with Crippen LogP contribution >= 0.6 is 15.9 Å². The number of halogens is 1. The van der Waals surface area contributed by atoms with Crippen molar-refractivity contribution in [1.82, 2.24) is 4.98 Å². The summed E-state index contributed by atoms with van der Waals surface area (Å²) in [5.74, 6) is 0. The molecule has 2 rings (SSSR count). The molecule has 0 aliphatic carbocycles. The summed E-state index contributed by atoms with van der Waals surface area (Å²) in [6.07, 6.45) is 0. The second-order valence-electron chi connectivity index (χ2n) is 2.98. The molecule has 1 aromatic carbocycles. The van der Waals surface area contributed by atoms with Crippen LogP contribution in [0.3, 0.4) is 0 Å². The van der Waals surface area contributed by atoms with Gasteiger partial charge in [0, 0.05) is 15.6 Å². The summed E-state index contributed by atoms with van der Waals surface area (Å²) in [6.45, 7) is 1.97. The van der Waals surface area contributed by atoms with Gasteiger partial charge in [-0.3, -0.25) is 4.98 Å². The third-order valence-corrected chi connectivity index (χ3v) is 2.69. The zero-order valence-electron chi connectivity index (χ0n) is 7.21. The van der Waals surface area contributed by atoms with Crippen molar-refractivity contribution in [3.05, 3.63) is 34.4 Å². The first-order valence-corrected chi connectivity index (χ1v) is 4.79. The molecule has 0 fully saturated rings. The van der Waals surface area contributed by atoms with Crippen LogP contribution in [0.25, 0.3) is 10.9 Å². The highest BCUT2D eigenvalue weighted by Gasteiger charge is 2.02. The predicted molar refractivity (Wildman–Crippen MR) is 58.6 cm³/mol. The highest BCUT2D eigenvalue weighted by atomic mass is 79.9. The standard InChI is InChI=1S/C10H9BrN2/c1-6-2-3-7-9(13-6)5-4-8(11)10(7)12/h2-5H,12H2,1H3. The lowest BCUT2D eigenvalue weighted by atomic mass is 10.2. The van der Waals surface area contributed by atoms with Gasteiger partial charge in [0.1, 0.15) is 0 Å². The average molecular weight is 237 g/mol. The van der Waals surface area contributed by atoms with Crippen LogP contribution in [0, 0.1) is 6.92 Å². The van der Waals surface area contributed by atoms with Gasteiger partial charge in [0.05, 0.1) is 11.2 Å². The largest absolute Gasteiger partial charge is 0.397 e. The number of aromatic nitrogens is 1. The number of pyridine rings is 1. The van der Waals surface area contributed by atoms with Crippen LogP contribution < -0.4 is 5.73 Å². The van der Waals surface area contributed by atoms with E-state index in [0.29, 0.717) is 0 Å². The monoisotopic (exact) mass is 236 g/mol. The molecular weight excluding hydrogens is 228 g/mol. The molecule has 0 amide bonds. The minimum absolute atomic E-state index is 0.755. The van der Waals surface area contributed by atoms with Gasteiger partial charge in [0.2, 0.25) is 0 Å². The van der Waals surface area contributed by atoms with Gasteiger partial charge in [0.15, 0.2) is 0 Å². The fourth-order valence-corrected chi connectivity index (χ4v) is 1.65. The maximum atomic E-state index is 5.88. The summed E-state index contributed by atoms with van der Waals surface area (Å²) in [7, 11) is 0. The first kappa shape index (κ1) is 8.51. The van der Waals surface area contributed by atoms with E-state index < -0.39 is 0 Å². The van der Waals surface area contributed by atoms with Crippen molar-refractivity contribution in [3.63, 3.8) is 0 Å². The van der Waals surface area contributed by atoms with Crippen LogP contribution in [-0.4, -0.2) is 4.98 Å². The van der Waals surface area contributed by atoms with Gasteiger partial charge in [-0.25, -0.2) is 0 Å². The van der Waals surface area contributed by atoms with Crippen molar-refractivity contribution in [2.45, 2.75) is 6.92 Å². The van der Waals surface area contributed by atoms with Crippen LogP contribution in [0.15, 0.2) is 28.7 Å². The van der Waals surface area contributed by atoms with Gasteiger partial charge in [-0.1, -0.05) is 0 Å². The smallest absolute Gasteiger partial charge is 0.0726 e. The molecule has 1 aromatic heterocycles. The normalized spacial score (nSPS) is 10.6. The lowest BCUT2D eigenvalue weighted by Gasteiger charge is -2.03. The highest BCUT2D eigenvalue weighted by Crippen LogP contribution is 2.27. The van der Waals surface area contributed by atoms with Crippen LogP contribution in [0.4, 0.5) is 5.69 Å². The van der Waals surface area contributed by atoms with E-state index in [9.17, 15) is 0 Å². The molecule has 0 saturated carbocycles. The molecule has 66 valence electrons. The van der Waals surface area contributed by atoms with E-state index in [-0.39, 0.29) is 0 Å². The Morgan fingerprint density at radius 1 is 1.23 bits per heavy atom. The summed E-state index contributed by atoms with van der Waals surface area (Å²) in [6, 6.07) is 7.84. The van der Waals surface area contributed by atoms with Crippen molar-refractivity contribution < 1.29 is 0 Å². The van der Waals surface area contributed by atoms with E-state index in [4.69, 9.17) is 5.73 Å². The minimum atomic E-state index is 0.755. The van der Waals surface area contributed by atoms with Crippen molar-refractivity contribution in [1.29, 1.82) is 0 Å². The molecule has 2 N–H and O–H groups in total. The molecule has 2 nitrogen and oxygen atoms in total. The number of fused-ring (bicyclic) bond motifs is 1. The molecule has 0 saturated heterocycles. The Bertz CT molecular complexity index is 466. The summed E-state index contributed by atoms with van der Waals surface area (Å²) in [5.41, 5.74) is 8.59. The third kappa shape index (κ3) is 1.40. The Hall–Kier alpha value is -1.09. The molecule has 0 radical (unpaired) electrons. The van der Waals surface area contributed by atoms with Gasteiger partial charge in [0.25, 0.3) is 0 Å². The number of rotatable bonds is 0. The Labute approximate surface area is 84.9 Å². The van der Waals surface area contributed by atoms with Gasteiger partial charge < -0.3 is 5.73 Å². The summed E-state index contributed by atoms with van der Waals surface area (Å²) in [4.78, 5) is 4.38. The molecule has 0 unspecified atom stereocenters. The van der Waals surface area contributed by atoms with E-state index in [0.717, 1.165) is 26.8 Å². The quantitative estimate of drug-likeness (QED) is 0.715. The fourth-order valence-electron chi connectivity index (χ4n) is 1.30. The topological polar surface area (TPSA) is 38.9 Å². The van der Waals surface area contributed by atoms with Gasteiger partial charge in [-0.05, 0) is 47.1 Å². The number of nitrogens with two attached hydrogens (primary N) is 1. The number of benzene rings is 1. The lowest BCUT2D eigenvalue weighted by molar-refractivity contribution is 1.26. The first-order chi connectivity index (χ1) is 6.18. The summed E-state index contributed by atoms with van der Waals surface area (Å²) in [5, 5.41) is 1.000. The van der Waals surface area contributed by atoms with Crippen molar-refractivity contribution >= 4 is 32.5 Å². The minimum Gasteiger partial charge on any atom is -0.397 e. The number of nitrogen functional groups attached to an aromatic ring is 1. The predicted octanol–water partition coefficient (Wildman–Crippen LogP) is 2.89. The maximum Gasteiger partial charge on any atom is 0.0726 e. The second kappa shape index (κ2) is 3.00. The maximum absolute atomic E-state index is 5.88. The van der Waals surface area contributed by atoms with E-state index in [1.807, 2.05) is 31.2 Å². The van der Waals surface area contributed by atoms with Crippen molar-refractivity contribution in [3.8, 4) is 0 Å². The Kier molecular flexibility index (Phi) is 1.96. The summed E-state index contributed by atoms with van der Waals surface area (Å²) >= 11 is 3.38. The van der Waals surface area contributed by atoms with Crippen molar-refractivity contribution in [2.75, 3.05) is 5.73 Å². The molecule has 0 atom stereocenters. The Morgan fingerprint density at radius 2 is 2.00 bits per heavy atom. The fraction of sp³-hybridized carbons (Fsp3) is 0.100. The van der Waals surface area contributed by atoms with Gasteiger partial charge in [-0.15, -0.1) is 0 Å². The van der Waals surface area contributed by atoms with Crippen LogP contribution in [0.5, 0.6) is 0 Å². The Balaban J connectivity index is 2.87. The SMILES string of the molecule is Cc1ccc2c(N)c(Br)ccc2n1. The molecule has 0 bridgehead atoms. The molecule has 0 spiro atoms. The highest BCUT2D eigenvalue weighted by molar-refractivity contribution is 9.10.